The van der Waals surface area contributed by atoms with Gasteiger partial charge in [-0.3, -0.25) is 9.59 Å². The average Bonchev–Trinajstić information content (AvgIpc) is 2.63. The first-order valence-electron chi connectivity index (χ1n) is 5.29. The molecular formula is C12H10ClNO2. The first-order chi connectivity index (χ1) is 7.68. The molecule has 0 aliphatic carbocycles. The predicted octanol–water partition coefficient (Wildman–Crippen LogP) is 2.03. The second-order valence-electron chi connectivity index (χ2n) is 4.21. The number of hydrogen-bond donors (Lipinski definition) is 0. The lowest BCUT2D eigenvalue weighted by Crippen LogP contribution is -2.42. The predicted molar refractivity (Wildman–Crippen MR) is 59.4 cm³/mol. The lowest BCUT2D eigenvalue weighted by Gasteiger charge is -2.30. The highest BCUT2D eigenvalue weighted by atomic mass is 35.5. The van der Waals surface area contributed by atoms with Crippen LogP contribution in [0.4, 0.5) is 0 Å². The highest BCUT2D eigenvalue weighted by Gasteiger charge is 2.41. The van der Waals surface area contributed by atoms with Crippen molar-refractivity contribution in [2.75, 3.05) is 0 Å². The minimum Gasteiger partial charge on any atom is -0.328 e. The molecule has 2 aliphatic rings. The molecule has 4 heteroatoms. The fraction of sp³-hybridized carbons (Fsp3) is 0.333. The number of ketones is 1. The highest BCUT2D eigenvalue weighted by molar-refractivity contribution is 6.32. The van der Waals surface area contributed by atoms with Crippen LogP contribution in [0, 0.1) is 0 Å². The fourth-order valence-corrected chi connectivity index (χ4v) is 2.74. The Hall–Kier alpha value is -1.35. The topological polar surface area (TPSA) is 37.4 Å². The van der Waals surface area contributed by atoms with Crippen molar-refractivity contribution in [1.82, 2.24) is 4.90 Å². The monoisotopic (exact) mass is 235 g/mol. The average molecular weight is 236 g/mol. The zero-order valence-corrected chi connectivity index (χ0v) is 9.33. The number of hydrogen-bond acceptors (Lipinski definition) is 2. The van der Waals surface area contributed by atoms with Gasteiger partial charge in [-0.1, -0.05) is 23.7 Å². The maximum absolute atomic E-state index is 12.1. The molecule has 1 fully saturated rings. The van der Waals surface area contributed by atoms with Crippen LogP contribution in [0.1, 0.15) is 28.8 Å². The fourth-order valence-electron chi connectivity index (χ4n) is 2.50. The van der Waals surface area contributed by atoms with E-state index in [2.05, 4.69) is 0 Å². The molecule has 0 N–H and O–H groups in total. The molecule has 1 aromatic rings. The lowest BCUT2D eigenvalue weighted by atomic mass is 9.93. The van der Waals surface area contributed by atoms with E-state index in [1.807, 2.05) is 0 Å². The van der Waals surface area contributed by atoms with Crippen LogP contribution in [0.25, 0.3) is 0 Å². The number of carbonyl (C=O) groups excluding carboxylic acids is 2. The van der Waals surface area contributed by atoms with Crippen LogP contribution < -0.4 is 0 Å². The summed E-state index contributed by atoms with van der Waals surface area (Å²) in [7, 11) is 0. The minimum absolute atomic E-state index is 0.0367. The van der Waals surface area contributed by atoms with E-state index in [4.69, 9.17) is 11.6 Å². The maximum Gasteiger partial charge on any atom is 0.223 e. The van der Waals surface area contributed by atoms with Crippen LogP contribution in [0.2, 0.25) is 5.02 Å². The summed E-state index contributed by atoms with van der Waals surface area (Å²) in [4.78, 5) is 25.4. The van der Waals surface area contributed by atoms with E-state index in [0.29, 0.717) is 30.0 Å². The van der Waals surface area contributed by atoms with Crippen molar-refractivity contribution in [2.45, 2.75) is 25.4 Å². The third kappa shape index (κ3) is 1.21. The van der Waals surface area contributed by atoms with Gasteiger partial charge in [0.15, 0.2) is 5.78 Å². The van der Waals surface area contributed by atoms with Crippen molar-refractivity contribution in [3.05, 3.63) is 34.3 Å². The molecule has 1 unspecified atom stereocenters. The van der Waals surface area contributed by atoms with Gasteiger partial charge in [0.25, 0.3) is 0 Å². The molecule has 0 spiro atoms. The van der Waals surface area contributed by atoms with E-state index in [0.717, 1.165) is 5.56 Å². The van der Waals surface area contributed by atoms with Crippen LogP contribution in [0.3, 0.4) is 0 Å². The molecule has 0 radical (unpaired) electrons. The van der Waals surface area contributed by atoms with E-state index in [9.17, 15) is 9.59 Å². The third-order valence-electron chi connectivity index (χ3n) is 3.34. The Morgan fingerprint density at radius 3 is 2.94 bits per heavy atom. The number of benzene rings is 1. The first-order valence-corrected chi connectivity index (χ1v) is 5.67. The SMILES string of the molecule is O=C1c2cccc(Cl)c2CN2C(=O)CCC12. The van der Waals surface area contributed by atoms with Crippen molar-refractivity contribution >= 4 is 23.3 Å². The Kier molecular flexibility index (Phi) is 2.04. The maximum atomic E-state index is 12.1. The van der Waals surface area contributed by atoms with Crippen LogP contribution in [-0.2, 0) is 11.3 Å². The molecule has 16 heavy (non-hydrogen) atoms. The zero-order valence-electron chi connectivity index (χ0n) is 8.57. The van der Waals surface area contributed by atoms with Crippen molar-refractivity contribution in [2.24, 2.45) is 0 Å². The second kappa shape index (κ2) is 3.32. The molecule has 1 atom stereocenters. The molecule has 82 valence electrons. The number of Topliss-reactive ketones (excluding diaryl/α,β-unsaturated/α-hetero) is 1. The molecular weight excluding hydrogens is 226 g/mol. The Morgan fingerprint density at radius 2 is 2.12 bits per heavy atom. The Balaban J connectivity index is 2.14. The van der Waals surface area contributed by atoms with Crippen LogP contribution in [0.15, 0.2) is 18.2 Å². The highest BCUT2D eigenvalue weighted by Crippen LogP contribution is 2.33. The number of rotatable bonds is 0. The summed E-state index contributed by atoms with van der Waals surface area (Å²) in [5.74, 6) is 0.0959. The number of halogens is 1. The number of carbonyl (C=O) groups is 2. The Morgan fingerprint density at radius 1 is 1.31 bits per heavy atom. The van der Waals surface area contributed by atoms with Gasteiger partial charge >= 0.3 is 0 Å². The second-order valence-corrected chi connectivity index (χ2v) is 4.61. The molecule has 0 aromatic heterocycles. The van der Waals surface area contributed by atoms with Crippen molar-refractivity contribution in [1.29, 1.82) is 0 Å². The van der Waals surface area contributed by atoms with Crippen LogP contribution in [-0.4, -0.2) is 22.6 Å². The molecule has 0 saturated carbocycles. The third-order valence-corrected chi connectivity index (χ3v) is 3.70. The molecule has 2 heterocycles. The van der Waals surface area contributed by atoms with E-state index in [1.54, 1.807) is 23.1 Å². The molecule has 1 aromatic carbocycles. The summed E-state index contributed by atoms with van der Waals surface area (Å²) in [5.41, 5.74) is 1.48. The van der Waals surface area contributed by atoms with Crippen LogP contribution >= 0.6 is 11.6 Å². The number of nitrogens with zero attached hydrogens (tertiary/aromatic N) is 1. The van der Waals surface area contributed by atoms with Gasteiger partial charge in [-0.2, -0.15) is 0 Å². The number of amides is 1. The van der Waals surface area contributed by atoms with Crippen LogP contribution in [0.5, 0.6) is 0 Å². The summed E-state index contributed by atoms with van der Waals surface area (Å²) in [6, 6.07) is 5.09. The van der Waals surface area contributed by atoms with Crippen molar-refractivity contribution < 1.29 is 9.59 Å². The van der Waals surface area contributed by atoms with Gasteiger partial charge < -0.3 is 4.90 Å². The first kappa shape index (κ1) is 9.85. The molecule has 3 rings (SSSR count). The Labute approximate surface area is 98.0 Å². The van der Waals surface area contributed by atoms with Crippen molar-refractivity contribution in [3.63, 3.8) is 0 Å². The summed E-state index contributed by atoms with van der Waals surface area (Å²) in [5, 5.41) is 0.573. The zero-order chi connectivity index (χ0) is 11.3. The lowest BCUT2D eigenvalue weighted by molar-refractivity contribution is -0.129. The van der Waals surface area contributed by atoms with Gasteiger partial charge in [0.05, 0.1) is 6.04 Å². The summed E-state index contributed by atoms with van der Waals surface area (Å²) < 4.78 is 0. The standard InChI is InChI=1S/C12H10ClNO2/c13-9-3-1-2-7-8(9)6-14-10(12(7)16)4-5-11(14)15/h1-3,10H,4-6H2. The molecule has 1 amide bonds. The van der Waals surface area contributed by atoms with E-state index < -0.39 is 0 Å². The summed E-state index contributed by atoms with van der Waals surface area (Å²) >= 11 is 6.06. The molecule has 1 saturated heterocycles. The quantitative estimate of drug-likeness (QED) is 0.690. The minimum atomic E-state index is -0.251. The molecule has 2 aliphatic heterocycles. The molecule has 0 bridgehead atoms. The smallest absolute Gasteiger partial charge is 0.223 e. The van der Waals surface area contributed by atoms with Gasteiger partial charge in [-0.15, -0.1) is 0 Å². The normalized spacial score (nSPS) is 23.3. The van der Waals surface area contributed by atoms with Gasteiger partial charge in [-0.05, 0) is 12.5 Å². The van der Waals surface area contributed by atoms with E-state index >= 15 is 0 Å². The summed E-state index contributed by atoms with van der Waals surface area (Å²) in [6.07, 6.45) is 1.12. The molecule has 3 nitrogen and oxygen atoms in total. The van der Waals surface area contributed by atoms with Gasteiger partial charge in [0.1, 0.15) is 0 Å². The Bertz CT molecular complexity index is 498. The van der Waals surface area contributed by atoms with Crippen molar-refractivity contribution in [3.8, 4) is 0 Å². The largest absolute Gasteiger partial charge is 0.328 e. The van der Waals surface area contributed by atoms with Gasteiger partial charge in [0, 0.05) is 29.1 Å². The van der Waals surface area contributed by atoms with E-state index in [-0.39, 0.29) is 17.7 Å². The van der Waals surface area contributed by atoms with Gasteiger partial charge in [0.2, 0.25) is 5.91 Å². The number of fused-ring (bicyclic) bond motifs is 2. The summed E-state index contributed by atoms with van der Waals surface area (Å²) in [6.45, 7) is 0.476. The van der Waals surface area contributed by atoms with E-state index in [1.165, 1.54) is 0 Å². The van der Waals surface area contributed by atoms with Gasteiger partial charge in [-0.25, -0.2) is 0 Å².